The second-order valence-electron chi connectivity index (χ2n) is 2.52. The average Bonchev–Trinajstić information content (AvgIpc) is 2.05. The Hall–Kier alpha value is -0.860. The maximum absolute atomic E-state index is 8.86. The molecule has 0 spiro atoms. The summed E-state index contributed by atoms with van der Waals surface area (Å²) in [5.74, 6) is 0. The van der Waals surface area contributed by atoms with Crippen LogP contribution >= 0.6 is 0 Å². The molecule has 0 fully saturated rings. The molecule has 0 saturated heterocycles. The van der Waals surface area contributed by atoms with Gasteiger partial charge in [-0.1, -0.05) is 18.2 Å². The van der Waals surface area contributed by atoms with Gasteiger partial charge in [0.1, 0.15) is 0 Å². The number of aliphatic hydroxyl groups is 2. The lowest BCUT2D eigenvalue weighted by molar-refractivity contribution is 0.274. The molecule has 0 aliphatic carbocycles. The standard InChI is InChI=1S/C9H12O2/c1-7-8(5-10)3-2-4-9(7)6-11/h2-4,10-11H,5-6H2,1H3. The van der Waals surface area contributed by atoms with Gasteiger partial charge in [-0.3, -0.25) is 0 Å². The van der Waals surface area contributed by atoms with E-state index in [-0.39, 0.29) is 13.2 Å². The number of hydrogen-bond donors (Lipinski definition) is 2. The number of hydrogen-bond acceptors (Lipinski definition) is 2. The van der Waals surface area contributed by atoms with E-state index in [1.54, 1.807) is 0 Å². The van der Waals surface area contributed by atoms with Gasteiger partial charge in [-0.15, -0.1) is 0 Å². The van der Waals surface area contributed by atoms with Crippen molar-refractivity contribution < 1.29 is 10.2 Å². The Morgan fingerprint density at radius 1 is 1.09 bits per heavy atom. The van der Waals surface area contributed by atoms with Crippen molar-refractivity contribution in [1.29, 1.82) is 0 Å². The Morgan fingerprint density at radius 2 is 1.55 bits per heavy atom. The van der Waals surface area contributed by atoms with Crippen molar-refractivity contribution in [2.75, 3.05) is 0 Å². The van der Waals surface area contributed by atoms with Crippen molar-refractivity contribution >= 4 is 0 Å². The first-order valence-electron chi connectivity index (χ1n) is 3.58. The summed E-state index contributed by atoms with van der Waals surface area (Å²) in [7, 11) is 0. The van der Waals surface area contributed by atoms with Crippen LogP contribution in [0.25, 0.3) is 0 Å². The van der Waals surface area contributed by atoms with Gasteiger partial charge < -0.3 is 10.2 Å². The molecule has 0 aliphatic rings. The second kappa shape index (κ2) is 3.51. The van der Waals surface area contributed by atoms with Gasteiger partial charge >= 0.3 is 0 Å². The van der Waals surface area contributed by atoms with Crippen LogP contribution in [-0.4, -0.2) is 10.2 Å². The minimum absolute atomic E-state index is 0.0413. The molecule has 0 saturated carbocycles. The third-order valence-corrected chi connectivity index (χ3v) is 1.90. The Bertz CT molecular complexity index is 221. The fourth-order valence-corrected chi connectivity index (χ4v) is 1.08. The lowest BCUT2D eigenvalue weighted by atomic mass is 10.0. The van der Waals surface area contributed by atoms with Crippen LogP contribution in [0.1, 0.15) is 16.7 Å². The Kier molecular flexibility index (Phi) is 2.63. The van der Waals surface area contributed by atoms with Gasteiger partial charge in [-0.2, -0.15) is 0 Å². The molecule has 2 N–H and O–H groups in total. The Labute approximate surface area is 66.1 Å². The fourth-order valence-electron chi connectivity index (χ4n) is 1.08. The highest BCUT2D eigenvalue weighted by Gasteiger charge is 2.00. The fraction of sp³-hybridized carbons (Fsp3) is 0.333. The highest BCUT2D eigenvalue weighted by atomic mass is 16.3. The van der Waals surface area contributed by atoms with Crippen molar-refractivity contribution in [2.45, 2.75) is 20.1 Å². The van der Waals surface area contributed by atoms with Crippen molar-refractivity contribution in [1.82, 2.24) is 0 Å². The molecule has 0 aromatic heterocycles. The third kappa shape index (κ3) is 1.59. The zero-order chi connectivity index (χ0) is 8.27. The van der Waals surface area contributed by atoms with Crippen molar-refractivity contribution in [3.63, 3.8) is 0 Å². The lowest BCUT2D eigenvalue weighted by Crippen LogP contribution is -1.94. The van der Waals surface area contributed by atoms with Crippen LogP contribution in [0.2, 0.25) is 0 Å². The molecular formula is C9H12O2. The van der Waals surface area contributed by atoms with Gasteiger partial charge in [0.15, 0.2) is 0 Å². The van der Waals surface area contributed by atoms with Crippen LogP contribution in [0.15, 0.2) is 18.2 Å². The van der Waals surface area contributed by atoms with Gasteiger partial charge in [0, 0.05) is 0 Å². The van der Waals surface area contributed by atoms with Crippen LogP contribution in [0.4, 0.5) is 0 Å². The predicted molar refractivity (Wildman–Crippen MR) is 43.0 cm³/mol. The number of aliphatic hydroxyl groups excluding tert-OH is 2. The van der Waals surface area contributed by atoms with Crippen LogP contribution in [0, 0.1) is 6.92 Å². The summed E-state index contributed by atoms with van der Waals surface area (Å²) in [6, 6.07) is 5.55. The summed E-state index contributed by atoms with van der Waals surface area (Å²) < 4.78 is 0. The summed E-state index contributed by atoms with van der Waals surface area (Å²) in [5.41, 5.74) is 2.76. The molecule has 1 aromatic rings. The maximum Gasteiger partial charge on any atom is 0.0684 e. The zero-order valence-corrected chi connectivity index (χ0v) is 6.54. The van der Waals surface area contributed by atoms with Crippen molar-refractivity contribution in [2.24, 2.45) is 0 Å². The predicted octanol–water partition coefficient (Wildman–Crippen LogP) is 0.980. The van der Waals surface area contributed by atoms with Crippen LogP contribution in [0.5, 0.6) is 0 Å². The highest BCUT2D eigenvalue weighted by molar-refractivity contribution is 5.33. The molecule has 0 aliphatic heterocycles. The van der Waals surface area contributed by atoms with Gasteiger partial charge in [-0.25, -0.2) is 0 Å². The molecule has 1 rings (SSSR count). The molecule has 11 heavy (non-hydrogen) atoms. The molecule has 0 heterocycles. The second-order valence-corrected chi connectivity index (χ2v) is 2.52. The van der Waals surface area contributed by atoms with Gasteiger partial charge in [0.2, 0.25) is 0 Å². The lowest BCUT2D eigenvalue weighted by Gasteiger charge is -2.05. The first-order valence-corrected chi connectivity index (χ1v) is 3.58. The molecule has 0 unspecified atom stereocenters. The van der Waals surface area contributed by atoms with E-state index in [4.69, 9.17) is 10.2 Å². The normalized spacial score (nSPS) is 10.1. The highest BCUT2D eigenvalue weighted by Crippen LogP contribution is 2.13. The van der Waals surface area contributed by atoms with E-state index in [1.165, 1.54) is 0 Å². The van der Waals surface area contributed by atoms with Crippen LogP contribution in [0.3, 0.4) is 0 Å². The summed E-state index contributed by atoms with van der Waals surface area (Å²) in [4.78, 5) is 0. The van der Waals surface area contributed by atoms with Crippen molar-refractivity contribution in [3.05, 3.63) is 34.9 Å². The van der Waals surface area contributed by atoms with E-state index in [9.17, 15) is 0 Å². The zero-order valence-electron chi connectivity index (χ0n) is 6.54. The molecular weight excluding hydrogens is 140 g/mol. The molecule has 2 nitrogen and oxygen atoms in total. The monoisotopic (exact) mass is 152 g/mol. The molecule has 60 valence electrons. The summed E-state index contributed by atoms with van der Waals surface area (Å²) in [5, 5.41) is 17.7. The van der Waals surface area contributed by atoms with Crippen molar-refractivity contribution in [3.8, 4) is 0 Å². The summed E-state index contributed by atoms with van der Waals surface area (Å²) >= 11 is 0. The van der Waals surface area contributed by atoms with E-state index >= 15 is 0 Å². The largest absolute Gasteiger partial charge is 0.392 e. The number of benzene rings is 1. The molecule has 0 atom stereocenters. The van der Waals surface area contributed by atoms with E-state index in [2.05, 4.69) is 0 Å². The minimum atomic E-state index is 0.0413. The van der Waals surface area contributed by atoms with E-state index < -0.39 is 0 Å². The maximum atomic E-state index is 8.86. The molecule has 2 heteroatoms. The van der Waals surface area contributed by atoms with Gasteiger partial charge in [-0.05, 0) is 23.6 Å². The van der Waals surface area contributed by atoms with Crippen LogP contribution in [-0.2, 0) is 13.2 Å². The summed E-state index contributed by atoms with van der Waals surface area (Å²) in [6.07, 6.45) is 0. The molecule has 1 aromatic carbocycles. The van der Waals surface area contributed by atoms with Gasteiger partial charge in [0.25, 0.3) is 0 Å². The van der Waals surface area contributed by atoms with E-state index in [1.807, 2.05) is 25.1 Å². The average molecular weight is 152 g/mol. The Balaban J connectivity index is 3.10. The third-order valence-electron chi connectivity index (χ3n) is 1.90. The van der Waals surface area contributed by atoms with E-state index in [0.29, 0.717) is 0 Å². The smallest absolute Gasteiger partial charge is 0.0684 e. The SMILES string of the molecule is Cc1c(CO)cccc1CO. The molecule has 0 amide bonds. The first kappa shape index (κ1) is 8.24. The summed E-state index contributed by atoms with van der Waals surface area (Å²) in [6.45, 7) is 1.98. The number of rotatable bonds is 2. The quantitative estimate of drug-likeness (QED) is 0.663. The Morgan fingerprint density at radius 3 is 1.91 bits per heavy atom. The minimum Gasteiger partial charge on any atom is -0.392 e. The van der Waals surface area contributed by atoms with Gasteiger partial charge in [0.05, 0.1) is 13.2 Å². The first-order chi connectivity index (χ1) is 5.29. The van der Waals surface area contributed by atoms with E-state index in [0.717, 1.165) is 16.7 Å². The molecule has 0 radical (unpaired) electrons. The van der Waals surface area contributed by atoms with Crippen LogP contribution < -0.4 is 0 Å². The molecule has 0 bridgehead atoms. The topological polar surface area (TPSA) is 40.5 Å².